The summed E-state index contributed by atoms with van der Waals surface area (Å²) in [6, 6.07) is 55.2. The summed E-state index contributed by atoms with van der Waals surface area (Å²) in [6.07, 6.45) is 0. The molecule has 0 N–H and O–H groups in total. The number of nitrogens with zero attached hydrogens (tertiary/aromatic N) is 4. The van der Waals surface area contributed by atoms with Gasteiger partial charge in [0.1, 0.15) is 58.2 Å². The van der Waals surface area contributed by atoms with Crippen molar-refractivity contribution in [2.24, 2.45) is 0 Å². The van der Waals surface area contributed by atoms with Crippen LogP contribution in [0.25, 0.3) is 106 Å². The largest absolute Gasteiger partial charge is 0.455 e. The SMILES string of the molecule is Bc1cc(B)c2c(c1B)c1c(B)c(B)cc(B)c1n2-c1cc(-c2ccccc2)c2oc3cc(-c4ccc(-c5nc(-c6ccccc6)nc(-c6ccccc6)n5)cc4)ccc3c2c1. The molecule has 0 aliphatic rings. The van der Waals surface area contributed by atoms with Crippen molar-refractivity contribution in [2.75, 3.05) is 0 Å². The minimum absolute atomic E-state index is 0.630. The van der Waals surface area contributed by atoms with Crippen LogP contribution in [0.1, 0.15) is 0 Å². The summed E-state index contributed by atoms with van der Waals surface area (Å²) in [5.74, 6) is 1.92. The van der Waals surface area contributed by atoms with Crippen LogP contribution in [0.4, 0.5) is 0 Å². The maximum Gasteiger partial charge on any atom is 0.164 e. The third-order valence-electron chi connectivity index (χ3n) is 12.8. The Bertz CT molecular complexity index is 3450. The molecule has 0 aliphatic heterocycles. The smallest absolute Gasteiger partial charge is 0.164 e. The van der Waals surface area contributed by atoms with Crippen molar-refractivity contribution in [1.82, 2.24) is 19.5 Å². The van der Waals surface area contributed by atoms with Gasteiger partial charge in [0, 0.05) is 49.7 Å². The molecule has 5 nitrogen and oxygen atoms in total. The monoisotopic (exact) mass is 788 g/mol. The molecule has 0 fully saturated rings. The minimum Gasteiger partial charge on any atom is -0.455 e. The van der Waals surface area contributed by atoms with E-state index in [-0.39, 0.29) is 0 Å². The van der Waals surface area contributed by atoms with Gasteiger partial charge in [-0.15, -0.1) is 0 Å². The van der Waals surface area contributed by atoms with E-state index in [1.807, 2.05) is 60.7 Å². The van der Waals surface area contributed by atoms with Gasteiger partial charge < -0.3 is 8.98 Å². The topological polar surface area (TPSA) is 56.7 Å². The molecule has 0 bridgehead atoms. The van der Waals surface area contributed by atoms with Crippen molar-refractivity contribution in [3.63, 3.8) is 0 Å². The second kappa shape index (κ2) is 14.7. The lowest BCUT2D eigenvalue weighted by Crippen LogP contribution is -2.33. The fourth-order valence-corrected chi connectivity index (χ4v) is 9.46. The molecule has 11 rings (SSSR count). The average Bonchev–Trinajstić information content (AvgIpc) is 3.88. The van der Waals surface area contributed by atoms with Gasteiger partial charge in [0.2, 0.25) is 0 Å². The number of benzene rings is 8. The highest BCUT2D eigenvalue weighted by Gasteiger charge is 2.23. The normalized spacial score (nSPS) is 11.6. The van der Waals surface area contributed by atoms with Crippen molar-refractivity contribution in [2.45, 2.75) is 0 Å². The molecule has 0 aliphatic carbocycles. The minimum atomic E-state index is 0.630. The van der Waals surface area contributed by atoms with Gasteiger partial charge in [-0.2, -0.15) is 0 Å². The molecule has 11 aromatic rings. The number of hydrogen-bond donors (Lipinski definition) is 0. The van der Waals surface area contributed by atoms with Crippen LogP contribution in [-0.4, -0.2) is 66.6 Å². The van der Waals surface area contributed by atoms with Crippen molar-refractivity contribution < 1.29 is 4.42 Å². The van der Waals surface area contributed by atoms with E-state index in [4.69, 9.17) is 19.4 Å². The first-order chi connectivity index (χ1) is 30.2. The molecule has 0 atom stereocenters. The zero-order valence-electron chi connectivity index (χ0n) is 35.7. The third-order valence-corrected chi connectivity index (χ3v) is 12.8. The van der Waals surface area contributed by atoms with E-state index in [1.54, 1.807) is 0 Å². The fraction of sp³-hybridized carbons (Fsp3) is 0. The quantitative estimate of drug-likeness (QED) is 0.244. The van der Waals surface area contributed by atoms with E-state index >= 15 is 0 Å². The molecule has 0 amide bonds. The molecule has 286 valence electrons. The molecule has 8 aromatic carbocycles. The first-order valence-electron chi connectivity index (χ1n) is 21.3. The fourth-order valence-electron chi connectivity index (χ4n) is 9.46. The zero-order chi connectivity index (χ0) is 42.2. The van der Waals surface area contributed by atoms with Crippen LogP contribution in [0, 0.1) is 0 Å². The Hall–Kier alpha value is -7.24. The predicted molar refractivity (Wildman–Crippen MR) is 278 cm³/mol. The van der Waals surface area contributed by atoms with Crippen LogP contribution in [0.2, 0.25) is 0 Å². The lowest BCUT2D eigenvalue weighted by molar-refractivity contribution is 0.670. The Morgan fingerprint density at radius 3 is 1.35 bits per heavy atom. The summed E-state index contributed by atoms with van der Waals surface area (Å²) in [6.45, 7) is 0. The standard InChI is InChI=1S/C51H38B6N4O/c52-37-25-39(54)46-42(44(37)56)43-45(57)38(53)26-40(55)47(43)61(46)33-23-35(28-10-4-1-5-11-28)48-36(24-33)34-21-20-32(22-41(34)62-48)27-16-18-31(19-17-27)51-59-49(29-12-6-2-7-13-29)58-50(60-51)30-14-8-3-9-15-30/h1-26H,52-57H2. The van der Waals surface area contributed by atoms with Gasteiger partial charge in [0.15, 0.2) is 17.5 Å². The van der Waals surface area contributed by atoms with Gasteiger partial charge >= 0.3 is 0 Å². The van der Waals surface area contributed by atoms with E-state index in [0.29, 0.717) is 17.5 Å². The molecular weight excluding hydrogens is 749 g/mol. The molecule has 3 heterocycles. The van der Waals surface area contributed by atoms with Crippen molar-refractivity contribution in [3.05, 3.63) is 158 Å². The number of rotatable bonds is 6. The van der Waals surface area contributed by atoms with Crippen molar-refractivity contribution in [1.29, 1.82) is 0 Å². The van der Waals surface area contributed by atoms with E-state index < -0.39 is 0 Å². The van der Waals surface area contributed by atoms with Crippen LogP contribution in [0.5, 0.6) is 0 Å². The zero-order valence-corrected chi connectivity index (χ0v) is 35.7. The van der Waals surface area contributed by atoms with E-state index in [1.165, 1.54) is 54.6 Å². The predicted octanol–water partition coefficient (Wildman–Crippen LogP) is 2.75. The van der Waals surface area contributed by atoms with Crippen LogP contribution in [-0.2, 0) is 0 Å². The van der Waals surface area contributed by atoms with Crippen molar-refractivity contribution >= 4 is 124 Å². The lowest BCUT2D eigenvalue weighted by Gasteiger charge is -2.15. The first kappa shape index (κ1) is 37.7. The van der Waals surface area contributed by atoms with E-state index in [0.717, 1.165) is 66.6 Å². The summed E-state index contributed by atoms with van der Waals surface area (Å²) in [5.41, 5.74) is 20.4. The van der Waals surface area contributed by atoms with Gasteiger partial charge in [-0.3, -0.25) is 0 Å². The highest BCUT2D eigenvalue weighted by atomic mass is 16.3. The van der Waals surface area contributed by atoms with Crippen molar-refractivity contribution in [3.8, 4) is 62.1 Å². The third kappa shape index (κ3) is 6.14. The summed E-state index contributed by atoms with van der Waals surface area (Å²) in [5, 5.41) is 4.87. The molecule has 0 saturated carbocycles. The number of aromatic nitrogens is 4. The molecule has 0 spiro atoms. The summed E-state index contributed by atoms with van der Waals surface area (Å²) in [7, 11) is 13.5. The Balaban J connectivity index is 1.06. The molecule has 0 unspecified atom stereocenters. The van der Waals surface area contributed by atoms with Gasteiger partial charge in [0.05, 0.1) is 0 Å². The molecule has 11 heteroatoms. The Labute approximate surface area is 365 Å². The van der Waals surface area contributed by atoms with E-state index in [2.05, 4.69) is 149 Å². The molecule has 3 aromatic heterocycles. The summed E-state index contributed by atoms with van der Waals surface area (Å²) < 4.78 is 9.45. The number of furan rings is 1. The van der Waals surface area contributed by atoms with Crippen LogP contribution in [0.15, 0.2) is 162 Å². The molecule has 62 heavy (non-hydrogen) atoms. The highest BCUT2D eigenvalue weighted by molar-refractivity contribution is 6.62. The number of hydrogen-bond acceptors (Lipinski definition) is 4. The van der Waals surface area contributed by atoms with Crippen LogP contribution >= 0.6 is 0 Å². The van der Waals surface area contributed by atoms with Crippen LogP contribution < -0.4 is 32.8 Å². The molecular formula is C51H38B6N4O. The van der Waals surface area contributed by atoms with Gasteiger partial charge in [-0.1, -0.05) is 166 Å². The molecule has 0 saturated heterocycles. The summed E-state index contributed by atoms with van der Waals surface area (Å²) in [4.78, 5) is 14.8. The lowest BCUT2D eigenvalue weighted by atomic mass is 9.71. The average molecular weight is 788 g/mol. The van der Waals surface area contributed by atoms with Gasteiger partial charge in [-0.25, -0.2) is 15.0 Å². The van der Waals surface area contributed by atoms with E-state index in [9.17, 15) is 0 Å². The molecule has 0 radical (unpaired) electrons. The Morgan fingerprint density at radius 1 is 0.387 bits per heavy atom. The van der Waals surface area contributed by atoms with Crippen LogP contribution in [0.3, 0.4) is 0 Å². The Kier molecular flexibility index (Phi) is 8.97. The maximum atomic E-state index is 6.93. The van der Waals surface area contributed by atoms with Gasteiger partial charge in [0.25, 0.3) is 0 Å². The van der Waals surface area contributed by atoms with Gasteiger partial charge in [-0.05, 0) is 51.7 Å². The highest BCUT2D eigenvalue weighted by Crippen LogP contribution is 2.41. The number of fused-ring (bicyclic) bond motifs is 6. The second-order valence-corrected chi connectivity index (χ2v) is 16.7. The maximum absolute atomic E-state index is 6.93. The first-order valence-corrected chi connectivity index (χ1v) is 21.3. The Morgan fingerprint density at radius 2 is 0.839 bits per heavy atom. The summed E-state index contributed by atoms with van der Waals surface area (Å²) >= 11 is 0. The second-order valence-electron chi connectivity index (χ2n) is 16.7.